The van der Waals surface area contributed by atoms with Crippen molar-refractivity contribution in [2.75, 3.05) is 42.1 Å². The first-order valence-electron chi connectivity index (χ1n) is 6.82. The first-order chi connectivity index (χ1) is 10.2. The van der Waals surface area contributed by atoms with E-state index < -0.39 is 0 Å². The Kier molecular flexibility index (Phi) is 4.03. The van der Waals surface area contributed by atoms with E-state index in [0.29, 0.717) is 10.7 Å². The predicted octanol–water partition coefficient (Wildman–Crippen LogP) is 1.39. The second-order valence-electron chi connectivity index (χ2n) is 4.77. The highest BCUT2D eigenvalue weighted by Gasteiger charge is 2.20. The van der Waals surface area contributed by atoms with Crippen LogP contribution in [0.4, 0.5) is 16.6 Å². The predicted molar refractivity (Wildman–Crippen MR) is 86.0 cm³/mol. The van der Waals surface area contributed by atoms with Gasteiger partial charge in [-0.1, -0.05) is 29.5 Å². The number of hydrogen-bond acceptors (Lipinski definition) is 6. The number of thiazole rings is 1. The molecule has 1 amide bonds. The Morgan fingerprint density at radius 1 is 1.29 bits per heavy atom. The molecular formula is C14H17N5OS. The molecule has 1 aromatic carbocycles. The maximum absolute atomic E-state index is 12.3. The summed E-state index contributed by atoms with van der Waals surface area (Å²) in [5, 5.41) is 6.93. The van der Waals surface area contributed by atoms with E-state index in [2.05, 4.69) is 20.5 Å². The van der Waals surface area contributed by atoms with E-state index >= 15 is 0 Å². The van der Waals surface area contributed by atoms with Gasteiger partial charge < -0.3 is 21.3 Å². The van der Waals surface area contributed by atoms with Gasteiger partial charge in [0.2, 0.25) is 0 Å². The highest BCUT2D eigenvalue weighted by atomic mass is 32.1. The lowest BCUT2D eigenvalue weighted by molar-refractivity contribution is 0.103. The Morgan fingerprint density at radius 2 is 2.00 bits per heavy atom. The number of anilines is 3. The lowest BCUT2D eigenvalue weighted by Crippen LogP contribution is -2.43. The van der Waals surface area contributed by atoms with Crippen molar-refractivity contribution in [3.63, 3.8) is 0 Å². The zero-order chi connectivity index (χ0) is 14.7. The molecule has 0 unspecified atom stereocenters. The molecule has 0 aliphatic carbocycles. The number of aromatic nitrogens is 1. The van der Waals surface area contributed by atoms with Crippen molar-refractivity contribution < 1.29 is 4.79 Å². The largest absolute Gasteiger partial charge is 0.382 e. The Morgan fingerprint density at radius 3 is 2.71 bits per heavy atom. The maximum Gasteiger partial charge on any atom is 0.269 e. The molecule has 1 aliphatic heterocycles. The first-order valence-corrected chi connectivity index (χ1v) is 7.64. The summed E-state index contributed by atoms with van der Waals surface area (Å²) in [7, 11) is 0. The molecule has 6 nitrogen and oxygen atoms in total. The van der Waals surface area contributed by atoms with Crippen LogP contribution in [-0.2, 0) is 0 Å². The lowest BCUT2D eigenvalue weighted by Gasteiger charge is -2.26. The summed E-state index contributed by atoms with van der Waals surface area (Å²) in [5.41, 5.74) is 6.65. The third-order valence-electron chi connectivity index (χ3n) is 3.27. The minimum atomic E-state index is -0.211. The SMILES string of the molecule is Nc1nc(N2CCNCC2)sc1C(=O)Nc1ccccc1. The number of amides is 1. The highest BCUT2D eigenvalue weighted by molar-refractivity contribution is 7.18. The van der Waals surface area contributed by atoms with Crippen LogP contribution in [0.15, 0.2) is 30.3 Å². The average molecular weight is 303 g/mol. The molecule has 0 spiro atoms. The molecule has 110 valence electrons. The summed E-state index contributed by atoms with van der Waals surface area (Å²) in [6.07, 6.45) is 0. The minimum Gasteiger partial charge on any atom is -0.382 e. The van der Waals surface area contributed by atoms with Crippen LogP contribution in [0.3, 0.4) is 0 Å². The topological polar surface area (TPSA) is 83.3 Å². The highest BCUT2D eigenvalue weighted by Crippen LogP contribution is 2.29. The monoisotopic (exact) mass is 303 g/mol. The Balaban J connectivity index is 1.75. The van der Waals surface area contributed by atoms with Gasteiger partial charge in [-0.2, -0.15) is 0 Å². The fourth-order valence-electron chi connectivity index (χ4n) is 2.18. The van der Waals surface area contributed by atoms with Gasteiger partial charge >= 0.3 is 0 Å². The van der Waals surface area contributed by atoms with E-state index in [1.165, 1.54) is 11.3 Å². The number of piperazine rings is 1. The number of nitrogens with zero attached hydrogens (tertiary/aromatic N) is 2. The third-order valence-corrected chi connectivity index (χ3v) is 4.40. The van der Waals surface area contributed by atoms with Gasteiger partial charge in [0.05, 0.1) is 0 Å². The van der Waals surface area contributed by atoms with Crippen LogP contribution in [0.25, 0.3) is 0 Å². The number of nitrogens with one attached hydrogen (secondary N) is 2. The maximum atomic E-state index is 12.3. The van der Waals surface area contributed by atoms with Gasteiger partial charge in [-0.05, 0) is 12.1 Å². The molecule has 3 rings (SSSR count). The van der Waals surface area contributed by atoms with Gasteiger partial charge in [0.1, 0.15) is 10.7 Å². The smallest absolute Gasteiger partial charge is 0.269 e. The Labute approximate surface area is 127 Å². The van der Waals surface area contributed by atoms with E-state index in [9.17, 15) is 4.79 Å². The van der Waals surface area contributed by atoms with Crippen LogP contribution < -0.4 is 21.3 Å². The summed E-state index contributed by atoms with van der Waals surface area (Å²) in [6, 6.07) is 9.33. The van der Waals surface area contributed by atoms with Gasteiger partial charge in [-0.3, -0.25) is 4.79 Å². The average Bonchev–Trinajstić information content (AvgIpc) is 2.91. The molecule has 1 fully saturated rings. The summed E-state index contributed by atoms with van der Waals surface area (Å²) < 4.78 is 0. The number of para-hydroxylation sites is 1. The molecule has 7 heteroatoms. The van der Waals surface area contributed by atoms with Crippen molar-refractivity contribution in [2.24, 2.45) is 0 Å². The van der Waals surface area contributed by atoms with Crippen molar-refractivity contribution in [2.45, 2.75) is 0 Å². The van der Waals surface area contributed by atoms with Gasteiger partial charge in [0, 0.05) is 31.9 Å². The molecule has 0 atom stereocenters. The lowest BCUT2D eigenvalue weighted by atomic mass is 10.3. The van der Waals surface area contributed by atoms with Crippen LogP contribution in [0, 0.1) is 0 Å². The minimum absolute atomic E-state index is 0.211. The molecule has 0 bridgehead atoms. The molecule has 4 N–H and O–H groups in total. The molecule has 2 aromatic rings. The molecule has 1 saturated heterocycles. The molecule has 21 heavy (non-hydrogen) atoms. The van der Waals surface area contributed by atoms with Gasteiger partial charge in [-0.25, -0.2) is 4.98 Å². The normalized spacial score (nSPS) is 15.0. The Bertz CT molecular complexity index is 622. The number of nitrogens with two attached hydrogens (primary N) is 1. The molecule has 2 heterocycles. The molecule has 0 radical (unpaired) electrons. The summed E-state index contributed by atoms with van der Waals surface area (Å²) in [6.45, 7) is 3.61. The summed E-state index contributed by atoms with van der Waals surface area (Å²) in [4.78, 5) is 19.2. The number of hydrogen-bond donors (Lipinski definition) is 3. The fourth-order valence-corrected chi connectivity index (χ4v) is 3.12. The summed E-state index contributed by atoms with van der Waals surface area (Å²) in [5.74, 6) is 0.0829. The van der Waals surface area contributed by atoms with Crippen LogP contribution >= 0.6 is 11.3 Å². The number of rotatable bonds is 3. The second kappa shape index (κ2) is 6.11. The molecule has 0 saturated carbocycles. The second-order valence-corrected chi connectivity index (χ2v) is 5.75. The quantitative estimate of drug-likeness (QED) is 0.798. The third kappa shape index (κ3) is 3.14. The number of nitrogen functional groups attached to an aromatic ring is 1. The first kappa shape index (κ1) is 13.8. The zero-order valence-electron chi connectivity index (χ0n) is 11.5. The van der Waals surface area contributed by atoms with E-state index in [4.69, 9.17) is 5.73 Å². The zero-order valence-corrected chi connectivity index (χ0v) is 12.3. The van der Waals surface area contributed by atoms with Crippen molar-refractivity contribution in [1.82, 2.24) is 10.3 Å². The van der Waals surface area contributed by atoms with Crippen LogP contribution in [0.5, 0.6) is 0 Å². The summed E-state index contributed by atoms with van der Waals surface area (Å²) >= 11 is 1.34. The van der Waals surface area contributed by atoms with Crippen molar-refractivity contribution in [3.8, 4) is 0 Å². The van der Waals surface area contributed by atoms with E-state index in [1.807, 2.05) is 30.3 Å². The fraction of sp³-hybridized carbons (Fsp3) is 0.286. The van der Waals surface area contributed by atoms with Crippen molar-refractivity contribution in [3.05, 3.63) is 35.2 Å². The van der Waals surface area contributed by atoms with Crippen molar-refractivity contribution in [1.29, 1.82) is 0 Å². The van der Waals surface area contributed by atoms with E-state index in [1.54, 1.807) is 0 Å². The molecular weight excluding hydrogens is 286 g/mol. The Hall–Kier alpha value is -2.12. The van der Waals surface area contributed by atoms with E-state index in [0.717, 1.165) is 37.0 Å². The van der Waals surface area contributed by atoms with Gasteiger partial charge in [0.15, 0.2) is 5.13 Å². The van der Waals surface area contributed by atoms with Crippen LogP contribution in [0.2, 0.25) is 0 Å². The number of carbonyl (C=O) groups excluding carboxylic acids is 1. The van der Waals surface area contributed by atoms with Gasteiger partial charge in [-0.15, -0.1) is 0 Å². The van der Waals surface area contributed by atoms with Gasteiger partial charge in [0.25, 0.3) is 5.91 Å². The van der Waals surface area contributed by atoms with Crippen molar-refractivity contribution >= 4 is 33.9 Å². The van der Waals surface area contributed by atoms with Crippen LogP contribution in [-0.4, -0.2) is 37.1 Å². The number of benzene rings is 1. The molecule has 1 aliphatic rings. The standard InChI is InChI=1S/C14H17N5OS/c15-12-11(13(20)17-10-4-2-1-3-5-10)21-14(18-12)19-8-6-16-7-9-19/h1-5,16H,6-9,15H2,(H,17,20). The number of carbonyl (C=O) groups is 1. The van der Waals surface area contributed by atoms with Crippen LogP contribution in [0.1, 0.15) is 9.67 Å². The van der Waals surface area contributed by atoms with E-state index in [-0.39, 0.29) is 5.91 Å². The molecule has 1 aromatic heterocycles.